The van der Waals surface area contributed by atoms with E-state index in [1.54, 1.807) is 36.2 Å². The van der Waals surface area contributed by atoms with E-state index in [4.69, 9.17) is 11.6 Å². The van der Waals surface area contributed by atoms with Crippen molar-refractivity contribution in [3.05, 3.63) is 58.6 Å². The van der Waals surface area contributed by atoms with Gasteiger partial charge < -0.3 is 15.3 Å². The van der Waals surface area contributed by atoms with Crippen LogP contribution in [-0.2, 0) is 0 Å². The van der Waals surface area contributed by atoms with Crippen LogP contribution in [0.2, 0.25) is 5.02 Å². The Balaban J connectivity index is 2.21. The minimum atomic E-state index is -0.420. The van der Waals surface area contributed by atoms with E-state index in [1.165, 1.54) is 18.2 Å². The fourth-order valence-corrected chi connectivity index (χ4v) is 2.13. The molecule has 0 aliphatic carbocycles. The highest BCUT2D eigenvalue weighted by Crippen LogP contribution is 2.27. The third-order valence-electron chi connectivity index (χ3n) is 3.40. The average molecular weight is 333 g/mol. The summed E-state index contributed by atoms with van der Waals surface area (Å²) >= 11 is 5.75. The van der Waals surface area contributed by atoms with E-state index >= 15 is 0 Å². The Labute approximate surface area is 139 Å². The van der Waals surface area contributed by atoms with Gasteiger partial charge in [0.15, 0.2) is 0 Å². The van der Waals surface area contributed by atoms with Gasteiger partial charge in [0.2, 0.25) is 0 Å². The topological polar surface area (TPSA) is 69.6 Å². The maximum atomic E-state index is 12.3. The molecule has 5 nitrogen and oxygen atoms in total. The third-order valence-corrected chi connectivity index (χ3v) is 3.64. The smallest absolute Gasteiger partial charge is 0.255 e. The number of phenols is 1. The summed E-state index contributed by atoms with van der Waals surface area (Å²) in [6, 6.07) is 10.8. The van der Waals surface area contributed by atoms with E-state index in [1.807, 2.05) is 6.92 Å². The summed E-state index contributed by atoms with van der Waals surface area (Å²) < 4.78 is 0. The Kier molecular flexibility index (Phi) is 5.24. The molecule has 0 saturated heterocycles. The molecule has 0 heterocycles. The summed E-state index contributed by atoms with van der Waals surface area (Å²) in [7, 11) is 1.70. The lowest BCUT2D eigenvalue weighted by Gasteiger charge is -2.15. The van der Waals surface area contributed by atoms with Gasteiger partial charge in [-0.3, -0.25) is 9.59 Å². The monoisotopic (exact) mass is 332 g/mol. The van der Waals surface area contributed by atoms with Crippen molar-refractivity contribution in [2.75, 3.05) is 18.9 Å². The molecule has 2 N–H and O–H groups in total. The number of hydrogen-bond acceptors (Lipinski definition) is 3. The summed E-state index contributed by atoms with van der Waals surface area (Å²) in [6.45, 7) is 2.45. The number of benzene rings is 2. The van der Waals surface area contributed by atoms with Crippen molar-refractivity contribution in [2.24, 2.45) is 0 Å². The molecule has 0 spiro atoms. The molecule has 0 bridgehead atoms. The maximum Gasteiger partial charge on any atom is 0.255 e. The van der Waals surface area contributed by atoms with Gasteiger partial charge in [-0.05, 0) is 37.3 Å². The average Bonchev–Trinajstić information content (AvgIpc) is 2.56. The maximum absolute atomic E-state index is 12.3. The number of nitrogens with one attached hydrogen (secondary N) is 1. The van der Waals surface area contributed by atoms with Crippen molar-refractivity contribution >= 4 is 29.1 Å². The molecule has 2 amide bonds. The van der Waals surface area contributed by atoms with Crippen LogP contribution in [-0.4, -0.2) is 35.4 Å². The minimum absolute atomic E-state index is 0.121. The molecule has 0 unspecified atom stereocenters. The number of carbonyl (C=O) groups is 2. The zero-order valence-corrected chi connectivity index (χ0v) is 13.6. The molecule has 120 valence electrons. The normalized spacial score (nSPS) is 10.2. The van der Waals surface area contributed by atoms with Crippen LogP contribution >= 0.6 is 11.6 Å². The highest BCUT2D eigenvalue weighted by Gasteiger charge is 2.14. The van der Waals surface area contributed by atoms with Gasteiger partial charge in [-0.1, -0.05) is 17.7 Å². The Morgan fingerprint density at radius 2 is 1.87 bits per heavy atom. The Hall–Kier alpha value is -2.53. The molecule has 23 heavy (non-hydrogen) atoms. The second-order valence-electron chi connectivity index (χ2n) is 5.02. The van der Waals surface area contributed by atoms with Crippen molar-refractivity contribution in [1.29, 1.82) is 0 Å². The molecule has 0 aliphatic heterocycles. The summed E-state index contributed by atoms with van der Waals surface area (Å²) in [5, 5.41) is 12.7. The van der Waals surface area contributed by atoms with Crippen molar-refractivity contribution in [2.45, 2.75) is 6.92 Å². The lowest BCUT2D eigenvalue weighted by atomic mass is 10.1. The standard InChI is InChI=1S/C17H17ClN2O3/c1-3-20(2)17(23)12-6-4-5-11(9-12)16(22)19-14-8-7-13(18)10-15(14)21/h4-10,21H,3H2,1-2H3,(H,19,22). The van der Waals surface area contributed by atoms with Gasteiger partial charge in [-0.15, -0.1) is 0 Å². The van der Waals surface area contributed by atoms with Crippen LogP contribution in [0.1, 0.15) is 27.6 Å². The molecule has 0 saturated carbocycles. The molecule has 6 heteroatoms. The number of rotatable bonds is 4. The number of halogens is 1. The molecular formula is C17H17ClN2O3. The number of nitrogens with zero attached hydrogens (tertiary/aromatic N) is 1. The van der Waals surface area contributed by atoms with Gasteiger partial charge in [0.1, 0.15) is 5.75 Å². The molecule has 2 aromatic carbocycles. The van der Waals surface area contributed by atoms with E-state index in [-0.39, 0.29) is 17.3 Å². The van der Waals surface area contributed by atoms with Gasteiger partial charge in [0.05, 0.1) is 5.69 Å². The molecule has 2 aromatic rings. The zero-order chi connectivity index (χ0) is 17.0. The van der Waals surface area contributed by atoms with Crippen LogP contribution in [0.25, 0.3) is 0 Å². The summed E-state index contributed by atoms with van der Waals surface area (Å²) in [5.74, 6) is -0.697. The fourth-order valence-electron chi connectivity index (χ4n) is 1.96. The quantitative estimate of drug-likeness (QED) is 0.843. The summed E-state index contributed by atoms with van der Waals surface area (Å²) in [4.78, 5) is 26.0. The van der Waals surface area contributed by atoms with Crippen molar-refractivity contribution in [3.63, 3.8) is 0 Å². The number of phenolic OH excluding ortho intramolecular Hbond substituents is 1. The van der Waals surface area contributed by atoms with Crippen molar-refractivity contribution in [1.82, 2.24) is 4.90 Å². The van der Waals surface area contributed by atoms with Crippen LogP contribution in [0.4, 0.5) is 5.69 Å². The summed E-state index contributed by atoms with van der Waals surface area (Å²) in [6.07, 6.45) is 0. The number of hydrogen-bond donors (Lipinski definition) is 2. The second kappa shape index (κ2) is 7.15. The predicted molar refractivity (Wildman–Crippen MR) is 90.1 cm³/mol. The first-order valence-corrected chi connectivity index (χ1v) is 7.45. The zero-order valence-electron chi connectivity index (χ0n) is 12.8. The van der Waals surface area contributed by atoms with E-state index in [9.17, 15) is 14.7 Å². The van der Waals surface area contributed by atoms with E-state index in [2.05, 4.69) is 5.32 Å². The third kappa shape index (κ3) is 4.02. The van der Waals surface area contributed by atoms with Gasteiger partial charge in [-0.25, -0.2) is 0 Å². The predicted octanol–water partition coefficient (Wildman–Crippen LogP) is 3.39. The second-order valence-corrected chi connectivity index (χ2v) is 5.45. The van der Waals surface area contributed by atoms with Crippen LogP contribution < -0.4 is 5.32 Å². The first-order chi connectivity index (χ1) is 10.9. The lowest BCUT2D eigenvalue weighted by Crippen LogP contribution is -2.26. The molecule has 0 atom stereocenters. The Morgan fingerprint density at radius 3 is 2.52 bits per heavy atom. The van der Waals surface area contributed by atoms with Crippen LogP contribution in [0, 0.1) is 0 Å². The van der Waals surface area contributed by atoms with Crippen LogP contribution in [0.15, 0.2) is 42.5 Å². The lowest BCUT2D eigenvalue weighted by molar-refractivity contribution is 0.0802. The van der Waals surface area contributed by atoms with Crippen LogP contribution in [0.5, 0.6) is 5.75 Å². The number of amides is 2. The van der Waals surface area contributed by atoms with E-state index in [0.717, 1.165) is 0 Å². The number of carbonyl (C=O) groups excluding carboxylic acids is 2. The minimum Gasteiger partial charge on any atom is -0.506 e. The van der Waals surface area contributed by atoms with E-state index in [0.29, 0.717) is 22.7 Å². The van der Waals surface area contributed by atoms with Crippen molar-refractivity contribution in [3.8, 4) is 5.75 Å². The SMILES string of the molecule is CCN(C)C(=O)c1cccc(C(=O)Nc2ccc(Cl)cc2O)c1. The van der Waals surface area contributed by atoms with Gasteiger partial charge in [-0.2, -0.15) is 0 Å². The van der Waals surface area contributed by atoms with E-state index < -0.39 is 5.91 Å². The highest BCUT2D eigenvalue weighted by molar-refractivity contribution is 6.30. The molecule has 0 aliphatic rings. The van der Waals surface area contributed by atoms with Gasteiger partial charge >= 0.3 is 0 Å². The fraction of sp³-hybridized carbons (Fsp3) is 0.176. The van der Waals surface area contributed by atoms with Crippen molar-refractivity contribution < 1.29 is 14.7 Å². The number of aromatic hydroxyl groups is 1. The van der Waals surface area contributed by atoms with Gasteiger partial charge in [0.25, 0.3) is 11.8 Å². The first-order valence-electron chi connectivity index (χ1n) is 7.07. The molecule has 0 fully saturated rings. The first kappa shape index (κ1) is 16.8. The Morgan fingerprint density at radius 1 is 1.17 bits per heavy atom. The summed E-state index contributed by atoms with van der Waals surface area (Å²) in [5.41, 5.74) is 1.01. The Bertz CT molecular complexity index is 746. The van der Waals surface area contributed by atoms with Crippen LogP contribution in [0.3, 0.4) is 0 Å². The number of anilines is 1. The highest BCUT2D eigenvalue weighted by atomic mass is 35.5. The molecule has 2 rings (SSSR count). The van der Waals surface area contributed by atoms with Gasteiger partial charge in [0, 0.05) is 35.8 Å². The molecule has 0 aromatic heterocycles. The molecular weight excluding hydrogens is 316 g/mol. The molecule has 0 radical (unpaired) electrons. The largest absolute Gasteiger partial charge is 0.506 e.